The minimum absolute atomic E-state index is 0.342. The maximum absolute atomic E-state index is 6.38. The van der Waals surface area contributed by atoms with Crippen LogP contribution in [0.4, 0.5) is 0 Å². The monoisotopic (exact) mass is 330 g/mol. The lowest BCUT2D eigenvalue weighted by molar-refractivity contribution is -0.659. The zero-order valence-electron chi connectivity index (χ0n) is 14.9. The molecule has 0 spiro atoms. The van der Waals surface area contributed by atoms with Gasteiger partial charge in [-0.2, -0.15) is 4.57 Å². The third kappa shape index (κ3) is 1.89. The van der Waals surface area contributed by atoms with Crippen LogP contribution < -0.4 is 9.30 Å². The van der Waals surface area contributed by atoms with E-state index in [2.05, 4.69) is 62.8 Å². The minimum atomic E-state index is 0.342. The molecule has 3 heteroatoms. The summed E-state index contributed by atoms with van der Waals surface area (Å²) < 4.78 is 14.7. The number of aromatic nitrogens is 1. The van der Waals surface area contributed by atoms with Crippen molar-refractivity contribution < 1.29 is 13.7 Å². The van der Waals surface area contributed by atoms with Crippen LogP contribution in [-0.2, 0) is 7.05 Å². The van der Waals surface area contributed by atoms with E-state index in [1.165, 1.54) is 21.9 Å². The van der Waals surface area contributed by atoms with Crippen LogP contribution in [0.3, 0.4) is 0 Å². The second kappa shape index (κ2) is 4.85. The molecule has 0 saturated heterocycles. The van der Waals surface area contributed by atoms with Gasteiger partial charge in [-0.25, -0.2) is 0 Å². The number of furan rings is 1. The fourth-order valence-corrected chi connectivity index (χ4v) is 3.86. The van der Waals surface area contributed by atoms with E-state index in [0.717, 1.165) is 33.9 Å². The van der Waals surface area contributed by atoms with Gasteiger partial charge in [0.15, 0.2) is 11.8 Å². The Balaban J connectivity index is 1.95. The molecule has 25 heavy (non-hydrogen) atoms. The summed E-state index contributed by atoms with van der Waals surface area (Å²) in [4.78, 5) is 0. The van der Waals surface area contributed by atoms with Crippen molar-refractivity contribution in [2.24, 2.45) is 7.05 Å². The summed E-state index contributed by atoms with van der Waals surface area (Å²) in [7, 11) is 2.08. The van der Waals surface area contributed by atoms with Gasteiger partial charge in [0.1, 0.15) is 18.6 Å². The van der Waals surface area contributed by atoms with E-state index in [9.17, 15) is 0 Å². The normalized spacial score (nSPS) is 12.7. The summed E-state index contributed by atoms with van der Waals surface area (Å²) in [6.07, 6.45) is 2.14. The van der Waals surface area contributed by atoms with Gasteiger partial charge in [-0.15, -0.1) is 0 Å². The topological polar surface area (TPSA) is 26.2 Å². The first-order chi connectivity index (χ1) is 12.0. The Morgan fingerprint density at radius 1 is 1.04 bits per heavy atom. The third-order valence-corrected chi connectivity index (χ3v) is 5.12. The van der Waals surface area contributed by atoms with Crippen LogP contribution in [0.5, 0.6) is 11.5 Å². The number of hydrogen-bond donors (Lipinski definition) is 0. The lowest BCUT2D eigenvalue weighted by Crippen LogP contribution is -2.32. The summed E-state index contributed by atoms with van der Waals surface area (Å²) in [6, 6.07) is 12.7. The van der Waals surface area contributed by atoms with E-state index in [-0.39, 0.29) is 0 Å². The first-order valence-corrected chi connectivity index (χ1v) is 8.71. The molecule has 0 radical (unpaired) electrons. The molecule has 3 nitrogen and oxygen atoms in total. The fraction of sp³-hybridized carbons (Fsp3) is 0.227. The highest BCUT2D eigenvalue weighted by Gasteiger charge is 2.32. The second-order valence-electron chi connectivity index (χ2n) is 7.22. The van der Waals surface area contributed by atoms with E-state index >= 15 is 0 Å². The first kappa shape index (κ1) is 14.5. The Morgan fingerprint density at radius 3 is 2.68 bits per heavy atom. The highest BCUT2D eigenvalue weighted by atomic mass is 16.5. The van der Waals surface area contributed by atoms with E-state index < -0.39 is 0 Å². The number of benzene rings is 2. The summed E-state index contributed by atoms with van der Waals surface area (Å²) in [6.45, 7) is 6.45. The molecule has 5 rings (SSSR count). The molecule has 0 aliphatic carbocycles. The predicted molar refractivity (Wildman–Crippen MR) is 99.2 cm³/mol. The van der Waals surface area contributed by atoms with Crippen LogP contribution in [0.15, 0.2) is 47.0 Å². The zero-order chi connectivity index (χ0) is 17.3. The van der Waals surface area contributed by atoms with Crippen molar-refractivity contribution in [1.29, 1.82) is 0 Å². The predicted octanol–water partition coefficient (Wildman–Crippen LogP) is 5.62. The lowest BCUT2D eigenvalue weighted by atomic mass is 9.93. The van der Waals surface area contributed by atoms with Gasteiger partial charge >= 0.3 is 0 Å². The molecular weight excluding hydrogens is 310 g/mol. The number of aryl methyl sites for hydroxylation is 2. The Kier molecular flexibility index (Phi) is 2.82. The SMILES string of the molecule is Cc1ccc2cccc3c2c1-c1c(c2oc(C(C)C)cc2c[n+]1C)O3. The van der Waals surface area contributed by atoms with Crippen LogP contribution in [0, 0.1) is 6.92 Å². The van der Waals surface area contributed by atoms with Crippen molar-refractivity contribution in [3.63, 3.8) is 0 Å². The van der Waals surface area contributed by atoms with Gasteiger partial charge in [0, 0.05) is 11.3 Å². The summed E-state index contributed by atoms with van der Waals surface area (Å²) >= 11 is 0. The van der Waals surface area contributed by atoms with Gasteiger partial charge in [-0.05, 0) is 30.0 Å². The third-order valence-electron chi connectivity index (χ3n) is 5.12. The molecule has 4 aromatic rings. The molecule has 1 aliphatic heterocycles. The Labute approximate surface area is 146 Å². The standard InChI is InChI=1S/C22H20NO2/c1-12(2)17-10-15-11-23(4)20-18-13(3)8-9-14-6-5-7-16(19(14)18)24-22(20)21(15)25-17/h5-12H,1-4H3/q+1. The molecule has 0 saturated carbocycles. The largest absolute Gasteiger partial charge is 0.456 e. The van der Waals surface area contributed by atoms with E-state index in [1.54, 1.807) is 0 Å². The summed E-state index contributed by atoms with van der Waals surface area (Å²) in [5, 5.41) is 3.46. The van der Waals surface area contributed by atoms with Crippen LogP contribution >= 0.6 is 0 Å². The van der Waals surface area contributed by atoms with Crippen LogP contribution in [-0.4, -0.2) is 0 Å². The maximum Gasteiger partial charge on any atom is 0.260 e. The average molecular weight is 330 g/mol. The Bertz CT molecular complexity index is 1170. The maximum atomic E-state index is 6.38. The average Bonchev–Trinajstić information content (AvgIpc) is 3.02. The second-order valence-corrected chi connectivity index (χ2v) is 7.22. The van der Waals surface area contributed by atoms with Crippen molar-refractivity contribution in [2.75, 3.05) is 0 Å². The number of hydrogen-bond acceptors (Lipinski definition) is 2. The van der Waals surface area contributed by atoms with Crippen molar-refractivity contribution >= 4 is 21.7 Å². The van der Waals surface area contributed by atoms with Crippen molar-refractivity contribution in [3.05, 3.63) is 53.9 Å². The molecule has 124 valence electrons. The summed E-state index contributed by atoms with van der Waals surface area (Å²) in [5.41, 5.74) is 4.40. The molecule has 0 atom stereocenters. The molecule has 0 amide bonds. The number of fused-ring (bicyclic) bond motifs is 4. The Hall–Kier alpha value is -2.81. The van der Waals surface area contributed by atoms with E-state index in [4.69, 9.17) is 9.15 Å². The summed E-state index contributed by atoms with van der Waals surface area (Å²) in [5.74, 6) is 3.05. The van der Waals surface area contributed by atoms with Crippen molar-refractivity contribution in [1.82, 2.24) is 0 Å². The van der Waals surface area contributed by atoms with Gasteiger partial charge in [-0.1, -0.05) is 38.1 Å². The number of nitrogens with zero attached hydrogens (tertiary/aromatic N) is 1. The molecule has 0 unspecified atom stereocenters. The molecule has 0 fully saturated rings. The van der Waals surface area contributed by atoms with Crippen LogP contribution in [0.2, 0.25) is 0 Å². The van der Waals surface area contributed by atoms with Crippen molar-refractivity contribution in [2.45, 2.75) is 26.7 Å². The number of ether oxygens (including phenoxy) is 1. The van der Waals surface area contributed by atoms with E-state index in [1.807, 2.05) is 12.1 Å². The molecule has 2 aromatic heterocycles. The fourth-order valence-electron chi connectivity index (χ4n) is 3.86. The molecule has 1 aliphatic rings. The highest BCUT2D eigenvalue weighted by Crippen LogP contribution is 2.49. The van der Waals surface area contributed by atoms with Gasteiger partial charge < -0.3 is 9.15 Å². The first-order valence-electron chi connectivity index (χ1n) is 8.71. The number of rotatable bonds is 1. The minimum Gasteiger partial charge on any atom is -0.456 e. The van der Waals surface area contributed by atoms with Crippen LogP contribution in [0.25, 0.3) is 33.0 Å². The van der Waals surface area contributed by atoms with Crippen LogP contribution in [0.1, 0.15) is 31.1 Å². The van der Waals surface area contributed by atoms with Gasteiger partial charge in [0.25, 0.3) is 5.69 Å². The Morgan fingerprint density at radius 2 is 1.88 bits per heavy atom. The van der Waals surface area contributed by atoms with Gasteiger partial charge in [0.2, 0.25) is 5.75 Å². The van der Waals surface area contributed by atoms with Gasteiger partial charge in [0.05, 0.1) is 10.9 Å². The number of pyridine rings is 1. The van der Waals surface area contributed by atoms with E-state index in [0.29, 0.717) is 5.92 Å². The molecule has 0 bridgehead atoms. The lowest BCUT2D eigenvalue weighted by Gasteiger charge is -2.20. The quantitative estimate of drug-likeness (QED) is 0.373. The van der Waals surface area contributed by atoms with Gasteiger partial charge in [-0.3, -0.25) is 0 Å². The van der Waals surface area contributed by atoms with Crippen molar-refractivity contribution in [3.8, 4) is 22.8 Å². The molecule has 0 N–H and O–H groups in total. The molecule has 2 aromatic carbocycles. The highest BCUT2D eigenvalue weighted by molar-refractivity contribution is 6.06. The zero-order valence-corrected chi connectivity index (χ0v) is 14.9. The smallest absolute Gasteiger partial charge is 0.260 e. The molecular formula is C22H20NO2+. The molecule has 3 heterocycles.